The number of aliphatic hydroxyl groups is 1. The predicted octanol–water partition coefficient (Wildman–Crippen LogP) is 1.99. The van der Waals surface area contributed by atoms with Gasteiger partial charge in [-0.3, -0.25) is 0 Å². The van der Waals surface area contributed by atoms with Gasteiger partial charge in [0.1, 0.15) is 0 Å². The van der Waals surface area contributed by atoms with Gasteiger partial charge in [-0.15, -0.1) is 0 Å². The highest BCUT2D eigenvalue weighted by atomic mass is 16.3. The number of rotatable bonds is 5. The maximum atomic E-state index is 8.74. The molecule has 1 unspecified atom stereocenters. The predicted molar refractivity (Wildman–Crippen MR) is 60.5 cm³/mol. The largest absolute Gasteiger partial charge is 0.396 e. The maximum absolute atomic E-state index is 8.74. The van der Waals surface area contributed by atoms with Gasteiger partial charge in [0.15, 0.2) is 0 Å². The van der Waals surface area contributed by atoms with Crippen molar-refractivity contribution in [1.29, 1.82) is 5.26 Å². The Kier molecular flexibility index (Phi) is 4.65. The Morgan fingerprint density at radius 2 is 2.07 bits per heavy atom. The van der Waals surface area contributed by atoms with Crippen LogP contribution >= 0.6 is 0 Å². The van der Waals surface area contributed by atoms with Crippen molar-refractivity contribution in [3.05, 3.63) is 29.8 Å². The van der Waals surface area contributed by atoms with Crippen molar-refractivity contribution in [3.8, 4) is 6.07 Å². The molecule has 2 N–H and O–H groups in total. The Balaban J connectivity index is 2.41. The molecule has 0 spiro atoms. The average Bonchev–Trinajstić information content (AvgIpc) is 2.27. The molecular weight excluding hydrogens is 188 g/mol. The van der Waals surface area contributed by atoms with E-state index in [1.165, 1.54) is 0 Å². The molecule has 0 bridgehead atoms. The summed E-state index contributed by atoms with van der Waals surface area (Å²) in [5.74, 6) is 0.450. The molecule has 0 heterocycles. The normalized spacial score (nSPS) is 11.8. The molecule has 80 valence electrons. The van der Waals surface area contributed by atoms with Gasteiger partial charge in [-0.1, -0.05) is 6.92 Å². The first-order valence-electron chi connectivity index (χ1n) is 5.11. The summed E-state index contributed by atoms with van der Waals surface area (Å²) in [6.45, 7) is 3.16. The second-order valence-electron chi connectivity index (χ2n) is 3.69. The number of hydrogen-bond acceptors (Lipinski definition) is 3. The number of nitriles is 1. The third-order valence-electron chi connectivity index (χ3n) is 2.29. The summed E-state index contributed by atoms with van der Waals surface area (Å²) < 4.78 is 0. The molecule has 0 fully saturated rings. The van der Waals surface area contributed by atoms with Gasteiger partial charge in [0.2, 0.25) is 0 Å². The summed E-state index contributed by atoms with van der Waals surface area (Å²) in [4.78, 5) is 0. The van der Waals surface area contributed by atoms with Gasteiger partial charge >= 0.3 is 0 Å². The van der Waals surface area contributed by atoms with E-state index in [0.717, 1.165) is 18.7 Å². The van der Waals surface area contributed by atoms with Crippen LogP contribution in [0.3, 0.4) is 0 Å². The van der Waals surface area contributed by atoms with Gasteiger partial charge in [-0.05, 0) is 36.6 Å². The minimum absolute atomic E-state index is 0.232. The number of hydrogen-bond donors (Lipinski definition) is 2. The molecule has 3 heteroatoms. The molecule has 0 aromatic heterocycles. The zero-order valence-electron chi connectivity index (χ0n) is 8.90. The fraction of sp³-hybridized carbons (Fsp3) is 0.417. The van der Waals surface area contributed by atoms with Crippen molar-refractivity contribution >= 4 is 5.69 Å². The first kappa shape index (κ1) is 11.5. The van der Waals surface area contributed by atoms with E-state index in [-0.39, 0.29) is 6.61 Å². The van der Waals surface area contributed by atoms with Crippen LogP contribution in [0.2, 0.25) is 0 Å². The van der Waals surface area contributed by atoms with Gasteiger partial charge in [0.25, 0.3) is 0 Å². The highest BCUT2D eigenvalue weighted by Gasteiger charge is 2.00. The van der Waals surface area contributed by atoms with E-state index in [1.54, 1.807) is 12.1 Å². The molecule has 0 aliphatic carbocycles. The van der Waals surface area contributed by atoms with Crippen molar-refractivity contribution < 1.29 is 5.11 Å². The fourth-order valence-electron chi connectivity index (χ4n) is 1.28. The van der Waals surface area contributed by atoms with E-state index in [0.29, 0.717) is 11.5 Å². The molecule has 15 heavy (non-hydrogen) atoms. The van der Waals surface area contributed by atoms with Crippen molar-refractivity contribution in [3.63, 3.8) is 0 Å². The van der Waals surface area contributed by atoms with Gasteiger partial charge in [-0.25, -0.2) is 0 Å². The standard InChI is InChI=1S/C12H16N2O/c1-10(6-7-15)9-14-12-4-2-11(8-13)3-5-12/h2-5,10,14-15H,6-7,9H2,1H3. The average molecular weight is 204 g/mol. The fourth-order valence-corrected chi connectivity index (χ4v) is 1.28. The minimum Gasteiger partial charge on any atom is -0.396 e. The van der Waals surface area contributed by atoms with Gasteiger partial charge in [0, 0.05) is 18.8 Å². The van der Waals surface area contributed by atoms with Crippen molar-refractivity contribution in [2.75, 3.05) is 18.5 Å². The molecule has 1 aromatic rings. The molecule has 1 atom stereocenters. The van der Waals surface area contributed by atoms with Gasteiger partial charge in [0.05, 0.1) is 11.6 Å². The van der Waals surface area contributed by atoms with Crippen molar-refractivity contribution in [2.45, 2.75) is 13.3 Å². The van der Waals surface area contributed by atoms with Crippen molar-refractivity contribution in [1.82, 2.24) is 0 Å². The third-order valence-corrected chi connectivity index (χ3v) is 2.29. The highest BCUT2D eigenvalue weighted by molar-refractivity contribution is 5.47. The molecule has 0 aliphatic heterocycles. The molecule has 0 amide bonds. The molecule has 0 aliphatic rings. The maximum Gasteiger partial charge on any atom is 0.0991 e. The van der Waals surface area contributed by atoms with Crippen LogP contribution in [0.4, 0.5) is 5.69 Å². The smallest absolute Gasteiger partial charge is 0.0991 e. The zero-order chi connectivity index (χ0) is 11.1. The summed E-state index contributed by atoms with van der Waals surface area (Å²) in [5.41, 5.74) is 1.68. The van der Waals surface area contributed by atoms with E-state index in [4.69, 9.17) is 10.4 Å². The van der Waals surface area contributed by atoms with Crippen LogP contribution in [0.5, 0.6) is 0 Å². The highest BCUT2D eigenvalue weighted by Crippen LogP contribution is 2.10. The van der Waals surface area contributed by atoms with E-state index in [9.17, 15) is 0 Å². The van der Waals surface area contributed by atoms with E-state index in [2.05, 4.69) is 18.3 Å². The first-order chi connectivity index (χ1) is 7.26. The molecule has 0 saturated heterocycles. The summed E-state index contributed by atoms with van der Waals surface area (Å²) in [5, 5.41) is 20.6. The Labute approximate surface area is 90.4 Å². The molecule has 1 rings (SSSR count). The molecular formula is C12H16N2O. The number of anilines is 1. The summed E-state index contributed by atoms with van der Waals surface area (Å²) in [6.07, 6.45) is 0.809. The van der Waals surface area contributed by atoms with Crippen LogP contribution in [0.15, 0.2) is 24.3 Å². The van der Waals surface area contributed by atoms with Crippen LogP contribution < -0.4 is 5.32 Å². The summed E-state index contributed by atoms with van der Waals surface area (Å²) in [7, 11) is 0. The topological polar surface area (TPSA) is 56.0 Å². The number of nitrogens with zero attached hydrogens (tertiary/aromatic N) is 1. The number of aliphatic hydroxyl groups excluding tert-OH is 1. The molecule has 1 aromatic carbocycles. The number of nitrogens with one attached hydrogen (secondary N) is 1. The monoisotopic (exact) mass is 204 g/mol. The van der Waals surface area contributed by atoms with Gasteiger partial charge < -0.3 is 10.4 Å². The Morgan fingerprint density at radius 1 is 1.40 bits per heavy atom. The van der Waals surface area contributed by atoms with Crippen molar-refractivity contribution in [2.24, 2.45) is 5.92 Å². The lowest BCUT2D eigenvalue weighted by Crippen LogP contribution is -2.12. The Hall–Kier alpha value is -1.53. The third kappa shape index (κ3) is 4.01. The van der Waals surface area contributed by atoms with Crippen LogP contribution in [-0.2, 0) is 0 Å². The SMILES string of the molecule is CC(CCO)CNc1ccc(C#N)cc1. The van der Waals surface area contributed by atoms with E-state index in [1.807, 2.05) is 12.1 Å². The van der Waals surface area contributed by atoms with Crippen LogP contribution in [0.1, 0.15) is 18.9 Å². The lowest BCUT2D eigenvalue weighted by atomic mass is 10.1. The molecule has 0 radical (unpaired) electrons. The first-order valence-corrected chi connectivity index (χ1v) is 5.11. The lowest BCUT2D eigenvalue weighted by molar-refractivity contribution is 0.266. The second kappa shape index (κ2) is 6.05. The molecule has 0 saturated carbocycles. The van der Waals surface area contributed by atoms with Crippen LogP contribution in [0.25, 0.3) is 0 Å². The number of benzene rings is 1. The second-order valence-corrected chi connectivity index (χ2v) is 3.69. The summed E-state index contributed by atoms with van der Waals surface area (Å²) >= 11 is 0. The van der Waals surface area contributed by atoms with Gasteiger partial charge in [-0.2, -0.15) is 5.26 Å². The molecule has 3 nitrogen and oxygen atoms in total. The lowest BCUT2D eigenvalue weighted by Gasteiger charge is -2.11. The summed E-state index contributed by atoms with van der Waals surface area (Å²) in [6, 6.07) is 9.45. The Morgan fingerprint density at radius 3 is 2.60 bits per heavy atom. The zero-order valence-corrected chi connectivity index (χ0v) is 8.90. The minimum atomic E-state index is 0.232. The van der Waals surface area contributed by atoms with E-state index >= 15 is 0 Å². The van der Waals surface area contributed by atoms with E-state index < -0.39 is 0 Å². The van der Waals surface area contributed by atoms with Crippen LogP contribution in [0, 0.1) is 17.2 Å². The quantitative estimate of drug-likeness (QED) is 0.771. The Bertz CT molecular complexity index is 326. The van der Waals surface area contributed by atoms with Crippen LogP contribution in [-0.4, -0.2) is 18.3 Å².